The van der Waals surface area contributed by atoms with E-state index in [2.05, 4.69) is 72.6 Å². The van der Waals surface area contributed by atoms with Crippen molar-refractivity contribution in [1.82, 2.24) is 10.2 Å². The first-order chi connectivity index (χ1) is 13.0. The first kappa shape index (κ1) is 19.6. The number of hydrogen-bond acceptors (Lipinski definition) is 2. The van der Waals surface area contributed by atoms with Crippen molar-refractivity contribution < 1.29 is 4.79 Å². The Balaban J connectivity index is 1.67. The summed E-state index contributed by atoms with van der Waals surface area (Å²) in [5.41, 5.74) is 5.34. The highest BCUT2D eigenvalue weighted by molar-refractivity contribution is 5.73. The summed E-state index contributed by atoms with van der Waals surface area (Å²) in [6.07, 6.45) is 4.16. The molecule has 3 nitrogen and oxygen atoms in total. The average Bonchev–Trinajstić information content (AvgIpc) is 2.66. The molecule has 0 aromatic heterocycles. The molecule has 3 rings (SSSR count). The lowest BCUT2D eigenvalue weighted by Crippen LogP contribution is -2.56. The molecule has 0 saturated carbocycles. The van der Waals surface area contributed by atoms with Crippen molar-refractivity contribution in [3.8, 4) is 0 Å². The molecule has 144 valence electrons. The number of rotatable bonds is 6. The second-order valence-electron chi connectivity index (χ2n) is 7.85. The van der Waals surface area contributed by atoms with Gasteiger partial charge in [0.25, 0.3) is 0 Å². The Labute approximate surface area is 163 Å². The Kier molecular flexibility index (Phi) is 6.68. The molecule has 2 atom stereocenters. The van der Waals surface area contributed by atoms with Gasteiger partial charge in [0.15, 0.2) is 0 Å². The number of carbonyl (C=O) groups is 1. The van der Waals surface area contributed by atoms with Gasteiger partial charge in [0.05, 0.1) is 6.04 Å². The summed E-state index contributed by atoms with van der Waals surface area (Å²) >= 11 is 0. The van der Waals surface area contributed by atoms with E-state index in [4.69, 9.17) is 0 Å². The van der Waals surface area contributed by atoms with Crippen molar-refractivity contribution in [3.05, 3.63) is 70.8 Å². The molecule has 3 heteroatoms. The number of piperidine rings is 1. The lowest BCUT2D eigenvalue weighted by molar-refractivity contribution is -0.133. The molecule has 1 aliphatic heterocycles. The summed E-state index contributed by atoms with van der Waals surface area (Å²) in [6, 6.07) is 17.9. The fourth-order valence-corrected chi connectivity index (χ4v) is 4.19. The minimum Gasteiger partial charge on any atom is -0.338 e. The van der Waals surface area contributed by atoms with Crippen molar-refractivity contribution in [3.63, 3.8) is 0 Å². The van der Waals surface area contributed by atoms with Crippen molar-refractivity contribution >= 4 is 5.91 Å². The maximum atomic E-state index is 12.2. The Morgan fingerprint density at radius 2 is 1.85 bits per heavy atom. The molecule has 1 N–H and O–H groups in total. The summed E-state index contributed by atoms with van der Waals surface area (Å²) < 4.78 is 0. The topological polar surface area (TPSA) is 32.3 Å². The van der Waals surface area contributed by atoms with E-state index in [0.717, 1.165) is 38.8 Å². The van der Waals surface area contributed by atoms with E-state index in [9.17, 15) is 4.79 Å². The molecular weight excluding hydrogens is 332 g/mol. The van der Waals surface area contributed by atoms with Crippen LogP contribution in [0.5, 0.6) is 0 Å². The largest absolute Gasteiger partial charge is 0.338 e. The van der Waals surface area contributed by atoms with Gasteiger partial charge in [-0.1, -0.05) is 54.1 Å². The van der Waals surface area contributed by atoms with Gasteiger partial charge < -0.3 is 10.2 Å². The Hall–Kier alpha value is -2.13. The zero-order valence-electron chi connectivity index (χ0n) is 16.9. The number of likely N-dealkylation sites (tertiary alicyclic amines) is 1. The maximum Gasteiger partial charge on any atom is 0.219 e. The van der Waals surface area contributed by atoms with E-state index in [0.29, 0.717) is 6.04 Å². The maximum absolute atomic E-state index is 12.2. The SMILES string of the molecule is CC(=O)N1CCC[C@H](NCCc2ccccc2C)[C@@H]1Cc1ccc(C)cc1. The first-order valence-electron chi connectivity index (χ1n) is 10.2. The molecule has 0 aliphatic carbocycles. The van der Waals surface area contributed by atoms with Crippen LogP contribution in [0.15, 0.2) is 48.5 Å². The third-order valence-electron chi connectivity index (χ3n) is 5.81. The number of nitrogens with one attached hydrogen (secondary N) is 1. The van der Waals surface area contributed by atoms with Crippen LogP contribution in [-0.2, 0) is 17.6 Å². The highest BCUT2D eigenvalue weighted by Gasteiger charge is 2.32. The quantitative estimate of drug-likeness (QED) is 0.838. The van der Waals surface area contributed by atoms with Crippen molar-refractivity contribution in [2.75, 3.05) is 13.1 Å². The van der Waals surface area contributed by atoms with E-state index < -0.39 is 0 Å². The van der Waals surface area contributed by atoms with Gasteiger partial charge in [-0.05, 0) is 62.8 Å². The molecule has 0 spiro atoms. The van der Waals surface area contributed by atoms with Gasteiger partial charge in [0.1, 0.15) is 0 Å². The number of nitrogens with zero attached hydrogens (tertiary/aromatic N) is 1. The van der Waals surface area contributed by atoms with Crippen LogP contribution < -0.4 is 5.32 Å². The summed E-state index contributed by atoms with van der Waals surface area (Å²) in [4.78, 5) is 14.3. The predicted octanol–water partition coefficient (Wildman–Crippen LogP) is 4.06. The fraction of sp³-hybridized carbons (Fsp3) is 0.458. The second kappa shape index (κ2) is 9.18. The highest BCUT2D eigenvalue weighted by Crippen LogP contribution is 2.22. The molecule has 1 fully saturated rings. The summed E-state index contributed by atoms with van der Waals surface area (Å²) in [6.45, 7) is 7.82. The van der Waals surface area contributed by atoms with E-state index in [1.807, 2.05) is 0 Å². The average molecular weight is 365 g/mol. The Bertz CT molecular complexity index is 753. The van der Waals surface area contributed by atoms with Crippen LogP contribution in [0, 0.1) is 13.8 Å². The number of hydrogen-bond donors (Lipinski definition) is 1. The smallest absolute Gasteiger partial charge is 0.219 e. The van der Waals surface area contributed by atoms with Crippen molar-refractivity contribution in [2.24, 2.45) is 0 Å². The Morgan fingerprint density at radius 1 is 1.11 bits per heavy atom. The number of benzene rings is 2. The Morgan fingerprint density at radius 3 is 2.56 bits per heavy atom. The van der Waals surface area contributed by atoms with E-state index >= 15 is 0 Å². The van der Waals surface area contributed by atoms with E-state index in [1.165, 1.54) is 22.3 Å². The van der Waals surface area contributed by atoms with E-state index in [-0.39, 0.29) is 11.9 Å². The van der Waals surface area contributed by atoms with Crippen LogP contribution in [-0.4, -0.2) is 36.0 Å². The van der Waals surface area contributed by atoms with Crippen LogP contribution in [0.2, 0.25) is 0 Å². The van der Waals surface area contributed by atoms with Crippen LogP contribution in [0.1, 0.15) is 42.0 Å². The third-order valence-corrected chi connectivity index (χ3v) is 5.81. The molecule has 0 radical (unpaired) electrons. The van der Waals surface area contributed by atoms with Gasteiger partial charge in [-0.2, -0.15) is 0 Å². The molecule has 2 aromatic carbocycles. The van der Waals surface area contributed by atoms with Gasteiger partial charge in [0.2, 0.25) is 5.91 Å². The van der Waals surface area contributed by atoms with Gasteiger partial charge >= 0.3 is 0 Å². The molecule has 1 aliphatic rings. The molecule has 27 heavy (non-hydrogen) atoms. The van der Waals surface area contributed by atoms with Gasteiger partial charge in [-0.3, -0.25) is 4.79 Å². The van der Waals surface area contributed by atoms with E-state index in [1.54, 1.807) is 6.92 Å². The van der Waals surface area contributed by atoms with Crippen LogP contribution in [0.3, 0.4) is 0 Å². The van der Waals surface area contributed by atoms with Gasteiger partial charge in [-0.25, -0.2) is 0 Å². The third kappa shape index (κ3) is 5.20. The normalized spacial score (nSPS) is 19.9. The summed E-state index contributed by atoms with van der Waals surface area (Å²) in [5.74, 6) is 0.192. The molecule has 2 aromatic rings. The van der Waals surface area contributed by atoms with Gasteiger partial charge in [0, 0.05) is 19.5 Å². The summed E-state index contributed by atoms with van der Waals surface area (Å²) in [5, 5.41) is 3.77. The molecule has 0 unspecified atom stereocenters. The minimum atomic E-state index is 0.192. The molecule has 1 heterocycles. The lowest BCUT2D eigenvalue weighted by Gasteiger charge is -2.41. The monoisotopic (exact) mass is 364 g/mol. The minimum absolute atomic E-state index is 0.192. The van der Waals surface area contributed by atoms with Crippen LogP contribution in [0.25, 0.3) is 0 Å². The standard InChI is InChI=1S/C24H32N2O/c1-18-10-12-21(13-11-18)17-24-23(9-6-16-26(24)20(3)27)25-15-14-22-8-5-4-7-19(22)2/h4-5,7-8,10-13,23-25H,6,9,14-17H2,1-3H3/t23-,24-/m0/s1. The van der Waals surface area contributed by atoms with Gasteiger partial charge in [-0.15, -0.1) is 0 Å². The van der Waals surface area contributed by atoms with Crippen molar-refractivity contribution in [2.45, 2.75) is 58.5 Å². The first-order valence-corrected chi connectivity index (χ1v) is 10.2. The molecule has 1 saturated heterocycles. The molecule has 1 amide bonds. The fourth-order valence-electron chi connectivity index (χ4n) is 4.19. The number of carbonyl (C=O) groups excluding carboxylic acids is 1. The zero-order chi connectivity index (χ0) is 19.2. The summed E-state index contributed by atoms with van der Waals surface area (Å²) in [7, 11) is 0. The predicted molar refractivity (Wildman–Crippen MR) is 112 cm³/mol. The lowest BCUT2D eigenvalue weighted by atomic mass is 9.90. The molecule has 0 bridgehead atoms. The number of amides is 1. The number of aryl methyl sites for hydroxylation is 2. The second-order valence-corrected chi connectivity index (χ2v) is 7.85. The van der Waals surface area contributed by atoms with Crippen LogP contribution >= 0.6 is 0 Å². The highest BCUT2D eigenvalue weighted by atomic mass is 16.2. The van der Waals surface area contributed by atoms with Crippen molar-refractivity contribution in [1.29, 1.82) is 0 Å². The zero-order valence-corrected chi connectivity index (χ0v) is 16.9. The molecular formula is C24H32N2O. The van der Waals surface area contributed by atoms with Crippen LogP contribution in [0.4, 0.5) is 0 Å².